The number of nitrogens with zero attached hydrogens (tertiary/aromatic N) is 2. The second kappa shape index (κ2) is 3.81. The Morgan fingerprint density at radius 2 is 2.12 bits per heavy atom. The lowest BCUT2D eigenvalue weighted by molar-refractivity contribution is 0.483. The summed E-state index contributed by atoms with van der Waals surface area (Å²) in [6, 6.07) is 5.71. The van der Waals surface area contributed by atoms with Crippen LogP contribution in [0.2, 0.25) is 0 Å². The van der Waals surface area contributed by atoms with E-state index < -0.39 is 10.1 Å². The molecule has 6 nitrogen and oxygen atoms in total. The first-order valence-corrected chi connectivity index (χ1v) is 6.35. The molecule has 1 heterocycles. The van der Waals surface area contributed by atoms with Crippen LogP contribution in [0.4, 0.5) is 5.13 Å². The molecule has 0 unspecified atom stereocenters. The van der Waals surface area contributed by atoms with E-state index in [1.54, 1.807) is 6.07 Å². The first-order chi connectivity index (χ1) is 7.47. The third kappa shape index (κ3) is 2.18. The fraction of sp³-hybridized carbons (Fsp3) is 0. The largest absolute Gasteiger partial charge is 0.374 e. The molecule has 1 aromatic carbocycles. The van der Waals surface area contributed by atoms with Gasteiger partial charge in [0.1, 0.15) is 0 Å². The summed E-state index contributed by atoms with van der Waals surface area (Å²) in [7, 11) is -4.21. The highest BCUT2D eigenvalue weighted by atomic mass is 32.2. The molecule has 0 fully saturated rings. The van der Waals surface area contributed by atoms with Gasteiger partial charge < -0.3 is 5.73 Å². The third-order valence-electron chi connectivity index (χ3n) is 1.83. The van der Waals surface area contributed by atoms with Crippen LogP contribution in [0.15, 0.2) is 29.2 Å². The van der Waals surface area contributed by atoms with Crippen LogP contribution in [0.25, 0.3) is 11.4 Å². The first-order valence-electron chi connectivity index (χ1n) is 4.14. The van der Waals surface area contributed by atoms with Gasteiger partial charge in [0.2, 0.25) is 0 Å². The van der Waals surface area contributed by atoms with Gasteiger partial charge in [0.15, 0.2) is 11.0 Å². The van der Waals surface area contributed by atoms with Gasteiger partial charge in [-0.2, -0.15) is 17.8 Å². The molecule has 2 rings (SSSR count). The Morgan fingerprint density at radius 3 is 2.69 bits per heavy atom. The fourth-order valence-corrected chi connectivity index (χ4v) is 2.13. The molecule has 0 saturated carbocycles. The van der Waals surface area contributed by atoms with Gasteiger partial charge in [0, 0.05) is 17.1 Å². The maximum atomic E-state index is 10.9. The van der Waals surface area contributed by atoms with Gasteiger partial charge >= 0.3 is 0 Å². The topological polar surface area (TPSA) is 106 Å². The van der Waals surface area contributed by atoms with Gasteiger partial charge in [-0.1, -0.05) is 12.1 Å². The summed E-state index contributed by atoms with van der Waals surface area (Å²) in [6.07, 6.45) is 0. The highest BCUT2D eigenvalue weighted by Gasteiger charge is 2.12. The van der Waals surface area contributed by atoms with Crippen molar-refractivity contribution in [3.63, 3.8) is 0 Å². The van der Waals surface area contributed by atoms with Crippen molar-refractivity contribution in [3.8, 4) is 11.4 Å². The number of hydrogen-bond acceptors (Lipinski definition) is 6. The summed E-state index contributed by atoms with van der Waals surface area (Å²) in [5.74, 6) is 0.341. The Balaban J connectivity index is 2.52. The maximum absolute atomic E-state index is 10.9. The van der Waals surface area contributed by atoms with Crippen molar-refractivity contribution in [2.24, 2.45) is 0 Å². The van der Waals surface area contributed by atoms with Crippen molar-refractivity contribution in [2.75, 3.05) is 5.73 Å². The fourth-order valence-electron chi connectivity index (χ4n) is 1.15. The molecule has 0 aliphatic heterocycles. The van der Waals surface area contributed by atoms with Crippen molar-refractivity contribution >= 4 is 26.8 Å². The summed E-state index contributed by atoms with van der Waals surface area (Å²) in [6.45, 7) is 0. The zero-order valence-corrected chi connectivity index (χ0v) is 9.49. The Morgan fingerprint density at radius 1 is 1.38 bits per heavy atom. The standard InChI is InChI=1S/C8H7N3O3S2/c9-8-10-7(11-15-8)5-2-1-3-6(4-5)16(12,13)14/h1-4H,(H2,9,10,11)(H,12,13,14). The lowest BCUT2D eigenvalue weighted by Gasteiger charge is -1.98. The number of aromatic nitrogens is 2. The van der Waals surface area contributed by atoms with Crippen LogP contribution in [0.1, 0.15) is 0 Å². The van der Waals surface area contributed by atoms with E-state index in [9.17, 15) is 8.42 Å². The van der Waals surface area contributed by atoms with Gasteiger partial charge in [0.25, 0.3) is 10.1 Å². The summed E-state index contributed by atoms with van der Waals surface area (Å²) in [5, 5.41) is 0.298. The third-order valence-corrected chi connectivity index (χ3v) is 3.22. The molecule has 8 heteroatoms. The van der Waals surface area contributed by atoms with Gasteiger partial charge in [-0.05, 0) is 12.1 Å². The monoisotopic (exact) mass is 257 g/mol. The molecule has 2 aromatic rings. The van der Waals surface area contributed by atoms with E-state index in [0.717, 1.165) is 11.5 Å². The van der Waals surface area contributed by atoms with E-state index in [2.05, 4.69) is 9.36 Å². The van der Waals surface area contributed by atoms with Crippen LogP contribution in [-0.2, 0) is 10.1 Å². The van der Waals surface area contributed by atoms with E-state index >= 15 is 0 Å². The van der Waals surface area contributed by atoms with Crippen molar-refractivity contribution in [2.45, 2.75) is 4.90 Å². The molecule has 0 bridgehead atoms. The van der Waals surface area contributed by atoms with E-state index in [1.807, 2.05) is 0 Å². The number of anilines is 1. The summed E-state index contributed by atoms with van der Waals surface area (Å²) in [5.41, 5.74) is 5.91. The molecule has 0 aliphatic carbocycles. The Kier molecular flexibility index (Phi) is 2.62. The van der Waals surface area contributed by atoms with Crippen LogP contribution >= 0.6 is 11.5 Å². The molecular weight excluding hydrogens is 250 g/mol. The number of hydrogen-bond donors (Lipinski definition) is 2. The van der Waals surface area contributed by atoms with Gasteiger partial charge in [-0.25, -0.2) is 0 Å². The van der Waals surface area contributed by atoms with E-state index in [1.165, 1.54) is 18.2 Å². The molecular formula is C8H7N3O3S2. The molecule has 1 aromatic heterocycles. The minimum absolute atomic E-state index is 0.196. The Labute approximate surface area is 95.7 Å². The van der Waals surface area contributed by atoms with Crippen LogP contribution in [0.5, 0.6) is 0 Å². The molecule has 0 amide bonds. The second-order valence-corrected chi connectivity index (χ2v) is 5.16. The normalized spacial score (nSPS) is 11.6. The highest BCUT2D eigenvalue weighted by Crippen LogP contribution is 2.21. The van der Waals surface area contributed by atoms with Gasteiger partial charge in [-0.3, -0.25) is 4.55 Å². The van der Waals surface area contributed by atoms with Crippen LogP contribution < -0.4 is 5.73 Å². The van der Waals surface area contributed by atoms with E-state index in [0.29, 0.717) is 16.5 Å². The quantitative estimate of drug-likeness (QED) is 0.778. The summed E-state index contributed by atoms with van der Waals surface area (Å²) >= 11 is 1.02. The van der Waals surface area contributed by atoms with Crippen molar-refractivity contribution in [1.29, 1.82) is 0 Å². The van der Waals surface area contributed by atoms with Gasteiger partial charge in [-0.15, -0.1) is 0 Å². The molecule has 0 radical (unpaired) electrons. The van der Waals surface area contributed by atoms with Crippen molar-refractivity contribution < 1.29 is 13.0 Å². The SMILES string of the molecule is Nc1nc(-c2cccc(S(=O)(=O)O)c2)ns1. The van der Waals surface area contributed by atoms with Crippen LogP contribution in [-0.4, -0.2) is 22.3 Å². The highest BCUT2D eigenvalue weighted by molar-refractivity contribution is 7.85. The zero-order valence-electron chi connectivity index (χ0n) is 7.86. The molecule has 3 N–H and O–H groups in total. The Hall–Kier alpha value is -1.51. The minimum Gasteiger partial charge on any atom is -0.374 e. The lowest BCUT2D eigenvalue weighted by atomic mass is 10.2. The molecule has 16 heavy (non-hydrogen) atoms. The summed E-state index contributed by atoms with van der Waals surface area (Å²) < 4.78 is 34.6. The van der Waals surface area contributed by atoms with Crippen LogP contribution in [0, 0.1) is 0 Å². The smallest absolute Gasteiger partial charge is 0.294 e. The number of benzene rings is 1. The number of rotatable bonds is 2. The van der Waals surface area contributed by atoms with Gasteiger partial charge in [0.05, 0.1) is 4.90 Å². The zero-order chi connectivity index (χ0) is 11.8. The second-order valence-electron chi connectivity index (χ2n) is 2.96. The number of nitrogens with two attached hydrogens (primary N) is 1. The Bertz CT molecular complexity index is 621. The number of nitrogen functional groups attached to an aromatic ring is 1. The van der Waals surface area contributed by atoms with E-state index in [-0.39, 0.29) is 4.90 Å². The van der Waals surface area contributed by atoms with E-state index in [4.69, 9.17) is 10.3 Å². The van der Waals surface area contributed by atoms with Crippen molar-refractivity contribution in [3.05, 3.63) is 24.3 Å². The lowest BCUT2D eigenvalue weighted by Crippen LogP contribution is -1.98. The maximum Gasteiger partial charge on any atom is 0.294 e. The van der Waals surface area contributed by atoms with Crippen LogP contribution in [0.3, 0.4) is 0 Å². The minimum atomic E-state index is -4.21. The first kappa shape index (κ1) is 11.0. The molecule has 0 spiro atoms. The predicted molar refractivity (Wildman–Crippen MR) is 59.6 cm³/mol. The summed E-state index contributed by atoms with van der Waals surface area (Å²) in [4.78, 5) is 3.72. The molecule has 0 atom stereocenters. The predicted octanol–water partition coefficient (Wildman–Crippen LogP) is 1.03. The average Bonchev–Trinajstić information content (AvgIpc) is 2.64. The molecule has 0 saturated heterocycles. The molecule has 84 valence electrons. The molecule has 0 aliphatic rings. The van der Waals surface area contributed by atoms with Crippen molar-refractivity contribution in [1.82, 2.24) is 9.36 Å². The average molecular weight is 257 g/mol.